The number of hydrazine groups is 1. The van der Waals surface area contributed by atoms with Gasteiger partial charge >= 0.3 is 0 Å². The lowest BCUT2D eigenvalue weighted by atomic mass is 10.3. The van der Waals surface area contributed by atoms with Crippen molar-refractivity contribution in [2.75, 3.05) is 5.43 Å². The van der Waals surface area contributed by atoms with E-state index in [4.69, 9.17) is 5.84 Å². The summed E-state index contributed by atoms with van der Waals surface area (Å²) in [5.74, 6) is 5.13. The predicted octanol–water partition coefficient (Wildman–Crippen LogP) is 2.70. The van der Waals surface area contributed by atoms with Crippen LogP contribution in [0.1, 0.15) is 5.69 Å². The van der Waals surface area contributed by atoms with E-state index < -0.39 is 5.82 Å². The Hall–Kier alpha value is -1.05. The molecule has 0 bridgehead atoms. The quantitative estimate of drug-likeness (QED) is 0.661. The maximum Gasteiger partial charge on any atom is 0.187 e. The van der Waals surface area contributed by atoms with E-state index in [1.807, 2.05) is 11.4 Å². The normalized spacial score (nSPS) is 10.5. The number of nitrogens with one attached hydrogen (secondary N) is 1. The number of thiophene rings is 1. The molecule has 0 atom stereocenters. The summed E-state index contributed by atoms with van der Waals surface area (Å²) < 4.78 is 14.4. The van der Waals surface area contributed by atoms with Crippen molar-refractivity contribution in [3.05, 3.63) is 27.4 Å². The third-order valence-electron chi connectivity index (χ3n) is 1.94. The van der Waals surface area contributed by atoms with Gasteiger partial charge in [0, 0.05) is 9.85 Å². The van der Waals surface area contributed by atoms with Gasteiger partial charge in [0.05, 0.1) is 10.6 Å². The van der Waals surface area contributed by atoms with Gasteiger partial charge < -0.3 is 5.43 Å². The fourth-order valence-electron chi connectivity index (χ4n) is 1.20. The minimum Gasteiger partial charge on any atom is -0.306 e. The average Bonchev–Trinajstić information content (AvgIpc) is 2.69. The van der Waals surface area contributed by atoms with Crippen LogP contribution in [0.15, 0.2) is 15.9 Å². The van der Waals surface area contributed by atoms with Gasteiger partial charge in [-0.1, -0.05) is 0 Å². The fraction of sp³-hybridized carbons (Fsp3) is 0.111. The Balaban J connectivity index is 2.54. The van der Waals surface area contributed by atoms with Crippen molar-refractivity contribution in [1.29, 1.82) is 0 Å². The third kappa shape index (κ3) is 2.06. The first-order valence-corrected chi connectivity index (χ1v) is 6.04. The first kappa shape index (κ1) is 11.4. The van der Waals surface area contributed by atoms with Crippen LogP contribution >= 0.6 is 27.3 Å². The summed E-state index contributed by atoms with van der Waals surface area (Å²) in [4.78, 5) is 8.93. The van der Waals surface area contributed by atoms with Crippen LogP contribution in [0, 0.1) is 12.7 Å². The Labute approximate surface area is 104 Å². The van der Waals surface area contributed by atoms with Gasteiger partial charge in [0.1, 0.15) is 0 Å². The van der Waals surface area contributed by atoms with E-state index in [1.165, 1.54) is 11.3 Å². The Morgan fingerprint density at radius 1 is 1.50 bits per heavy atom. The van der Waals surface area contributed by atoms with E-state index in [1.54, 1.807) is 6.92 Å². The predicted molar refractivity (Wildman–Crippen MR) is 65.6 cm³/mol. The van der Waals surface area contributed by atoms with E-state index in [0.29, 0.717) is 5.82 Å². The summed E-state index contributed by atoms with van der Waals surface area (Å²) in [5, 5.41) is 1.91. The van der Waals surface area contributed by atoms with Crippen molar-refractivity contribution in [2.45, 2.75) is 6.92 Å². The average molecular weight is 303 g/mol. The van der Waals surface area contributed by atoms with E-state index in [9.17, 15) is 4.39 Å². The SMILES string of the molecule is Cc1nc(-c2cc(Br)cs2)nc(NN)c1F. The zero-order chi connectivity index (χ0) is 11.7. The molecule has 3 N–H and O–H groups in total. The summed E-state index contributed by atoms with van der Waals surface area (Å²) in [5.41, 5.74) is 2.49. The van der Waals surface area contributed by atoms with Gasteiger partial charge in [-0.05, 0) is 28.9 Å². The smallest absolute Gasteiger partial charge is 0.187 e. The molecule has 16 heavy (non-hydrogen) atoms. The summed E-state index contributed by atoms with van der Waals surface area (Å²) in [6.45, 7) is 1.57. The molecule has 0 aliphatic carbocycles. The highest BCUT2D eigenvalue weighted by Crippen LogP contribution is 2.29. The molecular formula is C9H8BrFN4S. The van der Waals surface area contributed by atoms with Gasteiger partial charge in [0.25, 0.3) is 0 Å². The molecule has 0 amide bonds. The standard InChI is InChI=1S/C9H8BrFN4S/c1-4-7(11)9(15-12)14-8(13-4)6-2-5(10)3-16-6/h2-3H,12H2,1H3,(H,13,14,15). The molecule has 7 heteroatoms. The summed E-state index contributed by atoms with van der Waals surface area (Å²) in [7, 11) is 0. The molecule has 2 rings (SSSR count). The summed E-state index contributed by atoms with van der Waals surface area (Å²) in [6, 6.07) is 1.87. The number of rotatable bonds is 2. The van der Waals surface area contributed by atoms with Crippen LogP contribution in [0.2, 0.25) is 0 Å². The molecule has 2 aromatic rings. The Morgan fingerprint density at radius 3 is 2.81 bits per heavy atom. The highest BCUT2D eigenvalue weighted by molar-refractivity contribution is 9.10. The molecule has 84 valence electrons. The zero-order valence-corrected chi connectivity index (χ0v) is 10.7. The van der Waals surface area contributed by atoms with Crippen LogP contribution in [0.3, 0.4) is 0 Å². The van der Waals surface area contributed by atoms with Crippen LogP contribution in [-0.4, -0.2) is 9.97 Å². The van der Waals surface area contributed by atoms with Crippen LogP contribution < -0.4 is 11.3 Å². The Morgan fingerprint density at radius 2 is 2.25 bits per heavy atom. The van der Waals surface area contributed by atoms with Crippen molar-refractivity contribution >= 4 is 33.1 Å². The van der Waals surface area contributed by atoms with E-state index in [0.717, 1.165) is 9.35 Å². The maximum atomic E-state index is 13.4. The van der Waals surface area contributed by atoms with E-state index in [-0.39, 0.29) is 11.5 Å². The number of nitrogen functional groups attached to an aromatic ring is 1. The monoisotopic (exact) mass is 302 g/mol. The zero-order valence-electron chi connectivity index (χ0n) is 8.29. The van der Waals surface area contributed by atoms with Crippen LogP contribution in [0.4, 0.5) is 10.2 Å². The first-order valence-electron chi connectivity index (χ1n) is 4.37. The molecule has 0 unspecified atom stereocenters. The number of hydrogen-bond acceptors (Lipinski definition) is 5. The molecule has 2 aromatic heterocycles. The van der Waals surface area contributed by atoms with Gasteiger partial charge in [-0.2, -0.15) is 0 Å². The molecule has 0 spiro atoms. The lowest BCUT2D eigenvalue weighted by Crippen LogP contribution is -2.12. The summed E-state index contributed by atoms with van der Waals surface area (Å²) >= 11 is 4.81. The highest BCUT2D eigenvalue weighted by atomic mass is 79.9. The molecule has 0 aliphatic rings. The Kier molecular flexibility index (Phi) is 3.17. The van der Waals surface area contributed by atoms with Crippen molar-refractivity contribution in [2.24, 2.45) is 5.84 Å². The minimum absolute atomic E-state index is 0.00650. The fourth-order valence-corrected chi connectivity index (χ4v) is 2.56. The highest BCUT2D eigenvalue weighted by Gasteiger charge is 2.12. The number of aromatic nitrogens is 2. The molecule has 0 saturated heterocycles. The lowest BCUT2D eigenvalue weighted by molar-refractivity contribution is 0.606. The van der Waals surface area contributed by atoms with Gasteiger partial charge in [-0.15, -0.1) is 11.3 Å². The molecule has 0 aliphatic heterocycles. The number of nitrogens with zero attached hydrogens (tertiary/aromatic N) is 2. The van der Waals surface area contributed by atoms with Crippen LogP contribution in [-0.2, 0) is 0 Å². The Bertz CT molecular complexity index is 528. The lowest BCUT2D eigenvalue weighted by Gasteiger charge is -2.05. The van der Waals surface area contributed by atoms with Crippen LogP contribution in [0.25, 0.3) is 10.7 Å². The van der Waals surface area contributed by atoms with Crippen molar-refractivity contribution in [1.82, 2.24) is 9.97 Å². The maximum absolute atomic E-state index is 13.4. The van der Waals surface area contributed by atoms with Crippen molar-refractivity contribution in [3.63, 3.8) is 0 Å². The van der Waals surface area contributed by atoms with E-state index >= 15 is 0 Å². The number of hydrogen-bond donors (Lipinski definition) is 2. The van der Waals surface area contributed by atoms with Gasteiger partial charge in [0.15, 0.2) is 17.5 Å². The minimum atomic E-state index is -0.526. The third-order valence-corrected chi connectivity index (χ3v) is 3.63. The van der Waals surface area contributed by atoms with E-state index in [2.05, 4.69) is 31.3 Å². The molecule has 0 aromatic carbocycles. The van der Waals surface area contributed by atoms with Crippen LogP contribution in [0.5, 0.6) is 0 Å². The number of nitrogens with two attached hydrogens (primary N) is 1. The number of aryl methyl sites for hydroxylation is 1. The van der Waals surface area contributed by atoms with Gasteiger partial charge in [-0.3, -0.25) is 0 Å². The molecule has 4 nitrogen and oxygen atoms in total. The largest absolute Gasteiger partial charge is 0.306 e. The van der Waals surface area contributed by atoms with Gasteiger partial charge in [-0.25, -0.2) is 20.2 Å². The second-order valence-electron chi connectivity index (χ2n) is 3.07. The summed E-state index contributed by atoms with van der Waals surface area (Å²) in [6.07, 6.45) is 0. The molecule has 0 fully saturated rings. The second-order valence-corrected chi connectivity index (χ2v) is 4.90. The topological polar surface area (TPSA) is 63.8 Å². The number of halogens is 2. The molecule has 2 heterocycles. The molecule has 0 saturated carbocycles. The number of anilines is 1. The van der Waals surface area contributed by atoms with Crippen molar-refractivity contribution in [3.8, 4) is 10.7 Å². The first-order chi connectivity index (χ1) is 7.61. The second kappa shape index (κ2) is 4.44. The molecular weight excluding hydrogens is 295 g/mol. The van der Waals surface area contributed by atoms with Gasteiger partial charge in [0.2, 0.25) is 0 Å². The van der Waals surface area contributed by atoms with Crippen molar-refractivity contribution < 1.29 is 4.39 Å². The molecule has 0 radical (unpaired) electrons.